The van der Waals surface area contributed by atoms with Crippen molar-refractivity contribution in [2.75, 3.05) is 13.7 Å². The number of sulfonamides is 1. The van der Waals surface area contributed by atoms with E-state index in [1.165, 1.54) is 12.0 Å². The number of aromatic nitrogens is 2. The number of amides is 4. The molecule has 0 radical (unpaired) electrons. The molecule has 3 aromatic rings. The van der Waals surface area contributed by atoms with Crippen molar-refractivity contribution in [3.05, 3.63) is 54.6 Å². The Balaban J connectivity index is 1.19. The van der Waals surface area contributed by atoms with Crippen LogP contribution in [-0.2, 0) is 29.1 Å². The van der Waals surface area contributed by atoms with E-state index >= 15 is 0 Å². The summed E-state index contributed by atoms with van der Waals surface area (Å²) < 4.78 is 90.9. The maximum absolute atomic E-state index is 14.7. The number of ether oxygens (including phenoxy) is 4. The van der Waals surface area contributed by atoms with Gasteiger partial charge in [0.2, 0.25) is 39.2 Å². The van der Waals surface area contributed by atoms with E-state index in [0.29, 0.717) is 86.2 Å². The summed E-state index contributed by atoms with van der Waals surface area (Å²) in [6, 6.07) is 9.62. The summed E-state index contributed by atoms with van der Waals surface area (Å²) in [6.07, 6.45) is 1.09. The van der Waals surface area contributed by atoms with Gasteiger partial charge in [0.05, 0.1) is 35.5 Å². The molecule has 2 saturated carbocycles. The van der Waals surface area contributed by atoms with Gasteiger partial charge in [-0.05, 0) is 134 Å². The quantitative estimate of drug-likeness (QED) is 0.0925. The van der Waals surface area contributed by atoms with Crippen LogP contribution in [0, 0.1) is 23.7 Å². The van der Waals surface area contributed by atoms with Crippen molar-refractivity contribution in [2.45, 2.75) is 147 Å². The van der Waals surface area contributed by atoms with Gasteiger partial charge in [-0.15, -0.1) is 0 Å². The van der Waals surface area contributed by atoms with Crippen LogP contribution >= 0.6 is 0 Å². The summed E-state index contributed by atoms with van der Waals surface area (Å²) >= 11 is 0. The number of alkyl halides is 3. The van der Waals surface area contributed by atoms with Crippen LogP contribution in [0.25, 0.3) is 22.3 Å². The van der Waals surface area contributed by atoms with E-state index < -0.39 is 80.4 Å². The zero-order valence-electron chi connectivity index (χ0n) is 40.4. The predicted octanol–water partition coefficient (Wildman–Crippen LogP) is 7.78. The van der Waals surface area contributed by atoms with Crippen molar-refractivity contribution >= 4 is 44.9 Å². The molecular formula is C49H65F3N6O10S. The smallest absolute Gasteiger partial charge is 0.427 e. The number of benzene rings is 2. The molecule has 3 fully saturated rings. The molecule has 2 aliphatic carbocycles. The van der Waals surface area contributed by atoms with Gasteiger partial charge in [0, 0.05) is 24.0 Å². The van der Waals surface area contributed by atoms with E-state index in [0.717, 1.165) is 12.8 Å². The highest BCUT2D eigenvalue weighted by Crippen LogP contribution is 2.43. The van der Waals surface area contributed by atoms with Crippen molar-refractivity contribution in [2.24, 2.45) is 29.4 Å². The fourth-order valence-corrected chi connectivity index (χ4v) is 10.2. The van der Waals surface area contributed by atoms with Crippen LogP contribution in [0.4, 0.5) is 18.0 Å². The van der Waals surface area contributed by atoms with Crippen LogP contribution < -0.4 is 30.0 Å². The first-order valence-electron chi connectivity index (χ1n) is 23.5. The van der Waals surface area contributed by atoms with E-state index in [4.69, 9.17) is 34.6 Å². The largest absolute Gasteiger partial charge is 0.497 e. The van der Waals surface area contributed by atoms with Crippen LogP contribution in [0.1, 0.15) is 106 Å². The van der Waals surface area contributed by atoms with Crippen molar-refractivity contribution in [3.8, 4) is 28.6 Å². The molecule has 2 heterocycles. The zero-order chi connectivity index (χ0) is 50.6. The highest BCUT2D eigenvalue weighted by Gasteiger charge is 2.53. The number of rotatable bonds is 20. The number of allylic oxidation sites excluding steroid dienone is 2. The molecular weight excluding hydrogens is 922 g/mol. The van der Waals surface area contributed by atoms with Crippen LogP contribution in [0.15, 0.2) is 54.6 Å². The number of carbonyl (C=O) groups is 4. The number of nitrogens with zero attached hydrogens (tertiary/aromatic N) is 3. The maximum atomic E-state index is 14.7. The van der Waals surface area contributed by atoms with Gasteiger partial charge in [0.15, 0.2) is 0 Å². The second kappa shape index (κ2) is 21.1. The minimum atomic E-state index is -4.93. The molecule has 3 aliphatic rings. The van der Waals surface area contributed by atoms with Gasteiger partial charge in [-0.3, -0.25) is 19.1 Å². The summed E-state index contributed by atoms with van der Waals surface area (Å²) in [5.74, 6) is -2.22. The average Bonchev–Trinajstić information content (AvgIpc) is 3.64. The molecule has 1 saturated heterocycles. The van der Waals surface area contributed by atoms with Crippen molar-refractivity contribution in [1.29, 1.82) is 0 Å². The summed E-state index contributed by atoms with van der Waals surface area (Å²) in [7, 11) is -2.23. The van der Waals surface area contributed by atoms with Crippen LogP contribution in [0.2, 0.25) is 0 Å². The number of carbonyl (C=O) groups excluding carboxylic acids is 4. The molecule has 0 spiro atoms. The minimum absolute atomic E-state index is 0.0635. The molecule has 69 heavy (non-hydrogen) atoms. The molecule has 378 valence electrons. The molecule has 16 nitrogen and oxygen atoms in total. The molecule has 0 bridgehead atoms. The van der Waals surface area contributed by atoms with E-state index in [2.05, 4.69) is 10.0 Å². The fourth-order valence-electron chi connectivity index (χ4n) is 8.87. The van der Waals surface area contributed by atoms with Crippen molar-refractivity contribution in [3.63, 3.8) is 0 Å². The van der Waals surface area contributed by atoms with Gasteiger partial charge in [-0.1, -0.05) is 32.4 Å². The normalized spacial score (nSPS) is 21.7. The lowest BCUT2D eigenvalue weighted by molar-refractivity contribution is -0.244. The Morgan fingerprint density at radius 2 is 1.67 bits per heavy atom. The van der Waals surface area contributed by atoms with E-state index in [9.17, 15) is 40.8 Å². The number of primary amides is 1. The maximum Gasteiger partial charge on any atom is 0.427 e. The van der Waals surface area contributed by atoms with Crippen LogP contribution in [0.3, 0.4) is 0 Å². The number of fused-ring (bicyclic) bond motifs is 1. The van der Waals surface area contributed by atoms with E-state index in [1.54, 1.807) is 56.3 Å². The Labute approximate surface area is 401 Å². The van der Waals surface area contributed by atoms with Gasteiger partial charge in [-0.25, -0.2) is 23.2 Å². The third kappa shape index (κ3) is 12.8. The number of halogens is 3. The second-order valence-corrected chi connectivity index (χ2v) is 22.0. The number of nitrogens with two attached hydrogens (primary N) is 1. The first kappa shape index (κ1) is 52.7. The topological polar surface area (TPSA) is 218 Å². The molecule has 4 N–H and O–H groups in total. The summed E-state index contributed by atoms with van der Waals surface area (Å²) in [4.78, 5) is 64.9. The Morgan fingerprint density at radius 1 is 0.986 bits per heavy atom. The summed E-state index contributed by atoms with van der Waals surface area (Å²) in [5, 5.41) is 2.39. The van der Waals surface area contributed by atoms with E-state index in [1.807, 2.05) is 32.9 Å². The molecule has 20 heteroatoms. The number of likely N-dealkylation sites (tertiary alicyclic amines) is 1. The van der Waals surface area contributed by atoms with Crippen LogP contribution in [-0.4, -0.2) is 102 Å². The molecule has 2 aromatic carbocycles. The number of hydrogen-bond acceptors (Lipinski definition) is 12. The van der Waals surface area contributed by atoms with Crippen molar-refractivity contribution in [1.82, 2.24) is 24.9 Å². The number of hydrogen-bond donors (Lipinski definition) is 3. The van der Waals surface area contributed by atoms with Gasteiger partial charge in [-0.2, -0.15) is 13.2 Å². The molecule has 7 atom stereocenters. The monoisotopic (exact) mass is 986 g/mol. The number of alkyl carbamates (subject to hydrolysis) is 1. The summed E-state index contributed by atoms with van der Waals surface area (Å²) in [6.45, 7) is 10.2. The average molecular weight is 987 g/mol. The zero-order valence-corrected chi connectivity index (χ0v) is 41.2. The third-order valence-corrected chi connectivity index (χ3v) is 15.5. The molecule has 6 rings (SSSR count). The van der Waals surface area contributed by atoms with E-state index in [-0.39, 0.29) is 36.8 Å². The molecule has 1 unspecified atom stereocenters. The van der Waals surface area contributed by atoms with Gasteiger partial charge < -0.3 is 34.9 Å². The minimum Gasteiger partial charge on any atom is -0.497 e. The molecule has 1 aromatic heterocycles. The first-order chi connectivity index (χ1) is 32.3. The second-order valence-electron chi connectivity index (χ2n) is 19.8. The first-order valence-corrected chi connectivity index (χ1v) is 25.0. The fraction of sp³-hybridized carbons (Fsp3) is 0.592. The van der Waals surface area contributed by atoms with Crippen LogP contribution in [0.5, 0.6) is 17.4 Å². The predicted molar refractivity (Wildman–Crippen MR) is 251 cm³/mol. The SMILES string of the molecule is COc1ccc2nc(O[C@@H]3C[C@@H](C(N)=O)N(C(=O)[C@@H](NC(=O)OC(C)(C)C(F)(F)F)[C@H](C)C[C@H](C)CC/C=C\[C@@H]4CCCC4C(=O)NS(=O)(=O)C4(C)CC4)C3)c(-c3ccc(OC(C)C)cc3)nc2c1. The Kier molecular flexibility index (Phi) is 16.1. The van der Waals surface area contributed by atoms with Gasteiger partial charge >= 0.3 is 12.3 Å². The lowest BCUT2D eigenvalue weighted by Crippen LogP contribution is -2.56. The molecule has 4 amide bonds. The molecule has 1 aliphatic heterocycles. The van der Waals surface area contributed by atoms with Gasteiger partial charge in [0.25, 0.3) is 0 Å². The highest BCUT2D eigenvalue weighted by molar-refractivity contribution is 7.91. The lowest BCUT2D eigenvalue weighted by atomic mass is 9.87. The number of methoxy groups -OCH3 is 1. The Morgan fingerprint density at radius 3 is 2.29 bits per heavy atom. The third-order valence-electron chi connectivity index (χ3n) is 13.4. The summed E-state index contributed by atoms with van der Waals surface area (Å²) in [5.41, 5.74) is 4.94. The number of nitrogens with one attached hydrogen (secondary N) is 2. The highest BCUT2D eigenvalue weighted by atomic mass is 32.2. The lowest BCUT2D eigenvalue weighted by Gasteiger charge is -2.33. The van der Waals surface area contributed by atoms with Gasteiger partial charge in [0.1, 0.15) is 35.4 Å². The standard InChI is InChI=1S/C49H65F3N6O10S/c1-28(2)66-33-18-16-32(17-19-33)41-44(55-37-21-20-34(65-8)25-38(37)54-41)67-35-26-39(42(53)59)58(27-35)45(61)40(56-46(62)68-47(5,6)49(50,51)52)30(4)24-29(3)12-9-10-13-31-14-11-15-36(31)43(60)57-69(63,64)48(7)22-23-48/h10,13,16-21,25,28-31,35-36,39-40H,9,11-12,14-15,22-24,26-27H2,1-8H3,(H2,53,59)(H,56,62)(H,57,60)/b13-10-/t29-,30-,31-,35-,36?,39+,40+/m1/s1. The van der Waals surface area contributed by atoms with Crippen molar-refractivity contribution < 1.29 is 59.7 Å². The Hall–Kier alpha value is -5.66. The Bertz CT molecular complexity index is 2500.